The van der Waals surface area contributed by atoms with E-state index >= 15 is 0 Å². The van der Waals surface area contributed by atoms with E-state index in [1.807, 2.05) is 0 Å². The molecule has 0 spiro atoms. The van der Waals surface area contributed by atoms with Crippen LogP contribution in [0.15, 0.2) is 28.6 Å². The molecule has 0 unspecified atom stereocenters. The molecule has 7 nitrogen and oxygen atoms in total. The van der Waals surface area contributed by atoms with Crippen LogP contribution in [0.3, 0.4) is 0 Å². The van der Waals surface area contributed by atoms with Gasteiger partial charge in [0.05, 0.1) is 4.92 Å². The Labute approximate surface area is 101 Å². The number of aromatic nitrogens is 4. The molecule has 88 valence electrons. The van der Waals surface area contributed by atoms with Gasteiger partial charge in [-0.05, 0) is 24.8 Å². The van der Waals surface area contributed by atoms with Crippen LogP contribution in [0, 0.1) is 17.0 Å². The summed E-state index contributed by atoms with van der Waals surface area (Å²) in [6.45, 7) is 1.61. The predicted octanol–water partition coefficient (Wildman–Crippen LogP) is 1.58. The molecule has 0 aliphatic carbocycles. The van der Waals surface area contributed by atoms with Gasteiger partial charge in [-0.3, -0.25) is 14.8 Å². The Morgan fingerprint density at radius 2 is 2.06 bits per heavy atom. The Hall–Kier alpha value is -1.96. The summed E-state index contributed by atoms with van der Waals surface area (Å²) in [5, 5.41) is 15.9. The first kappa shape index (κ1) is 11.5. The Morgan fingerprint density at radius 3 is 2.65 bits per heavy atom. The molecule has 2 aromatic heterocycles. The molecule has 0 atom stereocenters. The van der Waals surface area contributed by atoms with Crippen LogP contribution in [0.4, 0.5) is 5.69 Å². The van der Waals surface area contributed by atoms with E-state index in [1.54, 1.807) is 32.4 Å². The molecule has 2 heterocycles. The lowest BCUT2D eigenvalue weighted by molar-refractivity contribution is -0.388. The van der Waals surface area contributed by atoms with Crippen LogP contribution in [-0.4, -0.2) is 24.7 Å². The average molecular weight is 251 g/mol. The third-order valence-electron chi connectivity index (χ3n) is 2.05. The Kier molecular flexibility index (Phi) is 3.05. The van der Waals surface area contributed by atoms with Crippen LogP contribution in [0.1, 0.15) is 5.69 Å². The zero-order valence-electron chi connectivity index (χ0n) is 9.19. The van der Waals surface area contributed by atoms with Crippen LogP contribution < -0.4 is 0 Å². The first-order chi connectivity index (χ1) is 8.09. The zero-order chi connectivity index (χ0) is 12.4. The van der Waals surface area contributed by atoms with E-state index in [0.29, 0.717) is 15.9 Å². The first-order valence-electron chi connectivity index (χ1n) is 4.72. The summed E-state index contributed by atoms with van der Waals surface area (Å²) in [5.74, 6) is 0. The number of hydrogen-bond donors (Lipinski definition) is 0. The van der Waals surface area contributed by atoms with Crippen molar-refractivity contribution in [2.45, 2.75) is 17.1 Å². The fourth-order valence-electron chi connectivity index (χ4n) is 1.37. The summed E-state index contributed by atoms with van der Waals surface area (Å²) in [5.41, 5.74) is 0.390. The Morgan fingerprint density at radius 1 is 1.41 bits per heavy atom. The second-order valence-electron chi connectivity index (χ2n) is 3.25. The molecule has 0 aromatic carbocycles. The highest BCUT2D eigenvalue weighted by Crippen LogP contribution is 2.34. The van der Waals surface area contributed by atoms with Gasteiger partial charge < -0.3 is 0 Å². The monoisotopic (exact) mass is 251 g/mol. The van der Waals surface area contributed by atoms with Crippen LogP contribution in [0.2, 0.25) is 0 Å². The maximum atomic E-state index is 10.9. The standard InChI is InChI=1S/C9H9N5O2S/c1-6-7(14(15)16)8(13(2)12-6)17-9-10-4-3-5-11-9/h3-5H,1-2H3. The fraction of sp³-hybridized carbons (Fsp3) is 0.222. The maximum Gasteiger partial charge on any atom is 0.324 e. The van der Waals surface area contributed by atoms with Gasteiger partial charge >= 0.3 is 5.69 Å². The zero-order valence-corrected chi connectivity index (χ0v) is 10.0. The van der Waals surface area contributed by atoms with E-state index in [9.17, 15) is 10.1 Å². The van der Waals surface area contributed by atoms with Crippen LogP contribution >= 0.6 is 11.8 Å². The van der Waals surface area contributed by atoms with Crippen molar-refractivity contribution in [2.24, 2.45) is 7.05 Å². The van der Waals surface area contributed by atoms with Crippen molar-refractivity contribution >= 4 is 17.4 Å². The van der Waals surface area contributed by atoms with Crippen molar-refractivity contribution in [3.05, 3.63) is 34.3 Å². The van der Waals surface area contributed by atoms with Gasteiger partial charge in [-0.2, -0.15) is 5.10 Å². The molecule has 0 N–H and O–H groups in total. The highest BCUT2D eigenvalue weighted by atomic mass is 32.2. The summed E-state index contributed by atoms with van der Waals surface area (Å²) in [6.07, 6.45) is 3.18. The Balaban J connectivity index is 2.42. The molecule has 0 aliphatic heterocycles. The lowest BCUT2D eigenvalue weighted by Crippen LogP contribution is -1.95. The minimum atomic E-state index is -0.437. The molecular weight excluding hydrogens is 242 g/mol. The summed E-state index contributed by atoms with van der Waals surface area (Å²) in [4.78, 5) is 18.5. The molecule has 0 radical (unpaired) electrons. The maximum absolute atomic E-state index is 10.9. The molecule has 2 aromatic rings. The summed E-state index contributed by atoms with van der Waals surface area (Å²) in [7, 11) is 1.66. The van der Waals surface area contributed by atoms with Crippen molar-refractivity contribution in [1.29, 1.82) is 0 Å². The second kappa shape index (κ2) is 4.50. The Bertz CT molecular complexity index is 554. The highest BCUT2D eigenvalue weighted by molar-refractivity contribution is 7.99. The largest absolute Gasteiger partial charge is 0.324 e. The van der Waals surface area contributed by atoms with Crippen LogP contribution in [-0.2, 0) is 7.05 Å². The summed E-state index contributed by atoms with van der Waals surface area (Å²) >= 11 is 1.13. The number of nitrogens with zero attached hydrogens (tertiary/aromatic N) is 5. The van der Waals surface area contributed by atoms with E-state index < -0.39 is 4.92 Å². The third kappa shape index (κ3) is 2.26. The van der Waals surface area contributed by atoms with Gasteiger partial charge in [0, 0.05) is 19.4 Å². The molecular formula is C9H9N5O2S. The molecule has 0 saturated carbocycles. The minimum Gasteiger partial charge on any atom is -0.258 e. The lowest BCUT2D eigenvalue weighted by Gasteiger charge is -1.99. The molecule has 17 heavy (non-hydrogen) atoms. The molecule has 8 heteroatoms. The highest BCUT2D eigenvalue weighted by Gasteiger charge is 2.25. The van der Waals surface area contributed by atoms with Gasteiger partial charge in [-0.1, -0.05) is 0 Å². The first-order valence-corrected chi connectivity index (χ1v) is 5.54. The van der Waals surface area contributed by atoms with Crippen LogP contribution in [0.25, 0.3) is 0 Å². The predicted molar refractivity (Wildman–Crippen MR) is 60.8 cm³/mol. The number of nitro groups is 1. The molecule has 0 bridgehead atoms. The van der Waals surface area contributed by atoms with E-state index in [2.05, 4.69) is 15.1 Å². The van der Waals surface area contributed by atoms with Gasteiger partial charge in [-0.15, -0.1) is 0 Å². The van der Waals surface area contributed by atoms with Gasteiger partial charge in [0.25, 0.3) is 0 Å². The van der Waals surface area contributed by atoms with E-state index in [4.69, 9.17) is 0 Å². The second-order valence-corrected chi connectivity index (χ2v) is 4.21. The smallest absolute Gasteiger partial charge is 0.258 e. The number of rotatable bonds is 3. The number of hydrogen-bond acceptors (Lipinski definition) is 6. The van der Waals surface area contributed by atoms with Crippen molar-refractivity contribution < 1.29 is 4.92 Å². The molecule has 0 amide bonds. The van der Waals surface area contributed by atoms with Gasteiger partial charge in [0.2, 0.25) is 0 Å². The fourth-order valence-corrected chi connectivity index (χ4v) is 2.27. The van der Waals surface area contributed by atoms with E-state index in [-0.39, 0.29) is 5.69 Å². The average Bonchev–Trinajstić information content (AvgIpc) is 2.55. The minimum absolute atomic E-state index is 0.00459. The SMILES string of the molecule is Cc1nn(C)c(Sc2ncccn2)c1[N+](=O)[O-]. The third-order valence-corrected chi connectivity index (χ3v) is 3.10. The van der Waals surface area contributed by atoms with Gasteiger partial charge in [0.15, 0.2) is 10.2 Å². The normalized spacial score (nSPS) is 10.5. The quantitative estimate of drug-likeness (QED) is 0.467. The van der Waals surface area contributed by atoms with E-state index in [0.717, 1.165) is 11.8 Å². The van der Waals surface area contributed by atoms with Gasteiger partial charge in [-0.25, -0.2) is 9.97 Å². The summed E-state index contributed by atoms with van der Waals surface area (Å²) < 4.78 is 1.47. The van der Waals surface area contributed by atoms with Crippen molar-refractivity contribution in [3.63, 3.8) is 0 Å². The molecule has 0 saturated heterocycles. The van der Waals surface area contributed by atoms with Crippen LogP contribution in [0.5, 0.6) is 0 Å². The van der Waals surface area contributed by atoms with Crippen molar-refractivity contribution in [3.8, 4) is 0 Å². The molecule has 0 aliphatic rings. The molecule has 0 fully saturated rings. The van der Waals surface area contributed by atoms with E-state index in [1.165, 1.54) is 4.68 Å². The van der Waals surface area contributed by atoms with Gasteiger partial charge in [0.1, 0.15) is 5.69 Å². The number of aryl methyl sites for hydroxylation is 2. The van der Waals surface area contributed by atoms with Crippen molar-refractivity contribution in [1.82, 2.24) is 19.7 Å². The molecule has 2 rings (SSSR count). The lowest BCUT2D eigenvalue weighted by atomic mass is 10.4. The van der Waals surface area contributed by atoms with Crippen molar-refractivity contribution in [2.75, 3.05) is 0 Å². The summed E-state index contributed by atoms with van der Waals surface area (Å²) in [6, 6.07) is 1.69. The topological polar surface area (TPSA) is 86.7 Å².